The molecule has 4 aromatic rings. The predicted molar refractivity (Wildman–Crippen MR) is 105 cm³/mol. The summed E-state index contributed by atoms with van der Waals surface area (Å²) in [5, 5.41) is 2.21. The summed E-state index contributed by atoms with van der Waals surface area (Å²) in [4.78, 5) is 9.45. The molecule has 0 bridgehead atoms. The van der Waals surface area contributed by atoms with E-state index >= 15 is 0 Å². The van der Waals surface area contributed by atoms with Crippen molar-refractivity contribution < 1.29 is 4.42 Å². The molecule has 3 aromatic heterocycles. The molecule has 3 heteroatoms. The molecule has 0 aliphatic heterocycles. The highest BCUT2D eigenvalue weighted by atomic mass is 16.3. The number of furan rings is 1. The lowest BCUT2D eigenvalue weighted by molar-refractivity contribution is 0.638. The maximum absolute atomic E-state index is 6.26. The molecule has 1 aliphatic carbocycles. The number of hydrogen-bond donors (Lipinski definition) is 0. The molecular formula is C23H22N2O. The van der Waals surface area contributed by atoms with Gasteiger partial charge in [0.1, 0.15) is 5.58 Å². The molecular weight excluding hydrogens is 320 g/mol. The van der Waals surface area contributed by atoms with Gasteiger partial charge in [0, 0.05) is 34.1 Å². The van der Waals surface area contributed by atoms with Crippen molar-refractivity contribution in [2.24, 2.45) is 0 Å². The monoisotopic (exact) mass is 342 g/mol. The summed E-state index contributed by atoms with van der Waals surface area (Å²) in [7, 11) is 0. The third-order valence-electron chi connectivity index (χ3n) is 5.67. The average Bonchev–Trinajstić information content (AvgIpc) is 3.35. The minimum absolute atomic E-state index is 0.593. The van der Waals surface area contributed by atoms with Gasteiger partial charge >= 0.3 is 0 Å². The number of rotatable bonds is 3. The number of fused-ring (bicyclic) bond motifs is 3. The lowest BCUT2D eigenvalue weighted by atomic mass is 10.0. The van der Waals surface area contributed by atoms with Crippen molar-refractivity contribution in [1.82, 2.24) is 9.97 Å². The van der Waals surface area contributed by atoms with Gasteiger partial charge in [0.05, 0.1) is 5.69 Å². The summed E-state index contributed by atoms with van der Waals surface area (Å²) in [6.45, 7) is 2.16. The first-order valence-electron chi connectivity index (χ1n) is 9.61. The van der Waals surface area contributed by atoms with E-state index in [1.165, 1.54) is 36.9 Å². The van der Waals surface area contributed by atoms with Gasteiger partial charge in [0.2, 0.25) is 5.71 Å². The van der Waals surface area contributed by atoms with Gasteiger partial charge in [-0.3, -0.25) is 4.98 Å². The highest BCUT2D eigenvalue weighted by Crippen LogP contribution is 2.37. The van der Waals surface area contributed by atoms with Crippen molar-refractivity contribution in [3.05, 3.63) is 59.9 Å². The fraction of sp³-hybridized carbons (Fsp3) is 0.304. The fourth-order valence-corrected chi connectivity index (χ4v) is 4.19. The van der Waals surface area contributed by atoms with Crippen LogP contribution in [0.2, 0.25) is 0 Å². The van der Waals surface area contributed by atoms with Crippen LogP contribution in [0.25, 0.3) is 33.3 Å². The Morgan fingerprint density at radius 2 is 1.92 bits per heavy atom. The van der Waals surface area contributed by atoms with E-state index in [-0.39, 0.29) is 0 Å². The molecule has 1 aromatic carbocycles. The SMILES string of the molecule is CCc1ccnc(-c2cccc3c2oc2nc(C4CCCC4)ccc23)c1. The van der Waals surface area contributed by atoms with E-state index in [1.54, 1.807) is 0 Å². The number of pyridine rings is 2. The van der Waals surface area contributed by atoms with Crippen LogP contribution in [0.15, 0.2) is 53.1 Å². The Balaban J connectivity index is 1.69. The molecule has 130 valence electrons. The third-order valence-corrected chi connectivity index (χ3v) is 5.67. The van der Waals surface area contributed by atoms with Crippen LogP contribution in [0, 0.1) is 0 Å². The smallest absolute Gasteiger partial charge is 0.227 e. The Morgan fingerprint density at radius 1 is 1.04 bits per heavy atom. The number of aryl methyl sites for hydroxylation is 1. The number of benzene rings is 1. The first-order chi connectivity index (χ1) is 12.8. The lowest BCUT2D eigenvalue weighted by Crippen LogP contribution is -1.95. The van der Waals surface area contributed by atoms with E-state index in [4.69, 9.17) is 9.40 Å². The Hall–Kier alpha value is -2.68. The van der Waals surface area contributed by atoms with E-state index in [0.29, 0.717) is 5.92 Å². The third kappa shape index (κ3) is 2.50. The van der Waals surface area contributed by atoms with Gasteiger partial charge in [-0.2, -0.15) is 0 Å². The van der Waals surface area contributed by atoms with Crippen molar-refractivity contribution in [2.75, 3.05) is 0 Å². The number of para-hydroxylation sites is 1. The molecule has 0 radical (unpaired) electrons. The summed E-state index contributed by atoms with van der Waals surface area (Å²) in [6, 6.07) is 14.9. The highest BCUT2D eigenvalue weighted by molar-refractivity contribution is 6.08. The van der Waals surface area contributed by atoms with Gasteiger partial charge < -0.3 is 4.42 Å². The normalized spacial score (nSPS) is 15.3. The van der Waals surface area contributed by atoms with E-state index < -0.39 is 0 Å². The largest absolute Gasteiger partial charge is 0.437 e. The highest BCUT2D eigenvalue weighted by Gasteiger charge is 2.20. The second-order valence-electron chi connectivity index (χ2n) is 7.26. The van der Waals surface area contributed by atoms with Gasteiger partial charge in [-0.25, -0.2) is 4.98 Å². The van der Waals surface area contributed by atoms with Crippen LogP contribution in [0.5, 0.6) is 0 Å². The van der Waals surface area contributed by atoms with Crippen molar-refractivity contribution in [3.63, 3.8) is 0 Å². The molecule has 3 heterocycles. The van der Waals surface area contributed by atoms with Gasteiger partial charge in [0.25, 0.3) is 0 Å². The van der Waals surface area contributed by atoms with E-state index in [2.05, 4.69) is 54.4 Å². The maximum atomic E-state index is 6.26. The summed E-state index contributed by atoms with van der Waals surface area (Å²) in [6.07, 6.45) is 8.00. The van der Waals surface area contributed by atoms with Crippen LogP contribution in [0.1, 0.15) is 49.8 Å². The van der Waals surface area contributed by atoms with Crippen LogP contribution in [0.3, 0.4) is 0 Å². The number of aromatic nitrogens is 2. The van der Waals surface area contributed by atoms with Gasteiger partial charge in [-0.05, 0) is 55.2 Å². The van der Waals surface area contributed by atoms with Crippen LogP contribution >= 0.6 is 0 Å². The fourth-order valence-electron chi connectivity index (χ4n) is 4.19. The molecule has 0 saturated heterocycles. The van der Waals surface area contributed by atoms with E-state index in [1.807, 2.05) is 6.20 Å². The van der Waals surface area contributed by atoms with Crippen LogP contribution in [-0.4, -0.2) is 9.97 Å². The zero-order valence-electron chi connectivity index (χ0n) is 15.0. The first kappa shape index (κ1) is 15.6. The summed E-state index contributed by atoms with van der Waals surface area (Å²) < 4.78 is 6.26. The minimum atomic E-state index is 0.593. The van der Waals surface area contributed by atoms with Gasteiger partial charge in [0.15, 0.2) is 0 Å². The standard InChI is InChI=1S/C23H22N2O/c1-2-15-12-13-24-21(14-15)19-9-5-8-17-18-10-11-20(16-6-3-4-7-16)25-23(18)26-22(17)19/h5,8-14,16H,2-4,6-7H2,1H3. The van der Waals surface area contributed by atoms with E-state index in [0.717, 1.165) is 39.7 Å². The van der Waals surface area contributed by atoms with E-state index in [9.17, 15) is 0 Å². The molecule has 0 unspecified atom stereocenters. The van der Waals surface area contributed by atoms with Crippen molar-refractivity contribution >= 4 is 22.1 Å². The molecule has 5 rings (SSSR count). The van der Waals surface area contributed by atoms with Crippen LogP contribution in [-0.2, 0) is 6.42 Å². The van der Waals surface area contributed by atoms with Gasteiger partial charge in [-0.15, -0.1) is 0 Å². The topological polar surface area (TPSA) is 38.9 Å². The number of nitrogens with zero attached hydrogens (tertiary/aromatic N) is 2. The average molecular weight is 342 g/mol. The van der Waals surface area contributed by atoms with Crippen LogP contribution < -0.4 is 0 Å². The molecule has 0 amide bonds. The van der Waals surface area contributed by atoms with Crippen LogP contribution in [0.4, 0.5) is 0 Å². The summed E-state index contributed by atoms with van der Waals surface area (Å²) >= 11 is 0. The molecule has 1 saturated carbocycles. The minimum Gasteiger partial charge on any atom is -0.437 e. The first-order valence-corrected chi connectivity index (χ1v) is 9.61. The molecule has 0 N–H and O–H groups in total. The van der Waals surface area contributed by atoms with Crippen molar-refractivity contribution in [2.45, 2.75) is 44.9 Å². The quantitative estimate of drug-likeness (QED) is 0.441. The molecule has 3 nitrogen and oxygen atoms in total. The zero-order chi connectivity index (χ0) is 17.5. The molecule has 0 atom stereocenters. The second-order valence-corrected chi connectivity index (χ2v) is 7.26. The Labute approximate surface area is 153 Å². The zero-order valence-corrected chi connectivity index (χ0v) is 15.0. The summed E-state index contributed by atoms with van der Waals surface area (Å²) in [5.74, 6) is 0.593. The number of hydrogen-bond acceptors (Lipinski definition) is 3. The summed E-state index contributed by atoms with van der Waals surface area (Å²) in [5.41, 5.74) is 6.11. The lowest BCUT2D eigenvalue weighted by Gasteiger charge is -2.06. The van der Waals surface area contributed by atoms with Crippen molar-refractivity contribution in [1.29, 1.82) is 0 Å². The second kappa shape index (κ2) is 6.24. The maximum Gasteiger partial charge on any atom is 0.227 e. The Bertz CT molecular complexity index is 1090. The predicted octanol–water partition coefficient (Wildman–Crippen LogP) is 6.26. The molecule has 0 spiro atoms. The molecule has 1 aliphatic rings. The Kier molecular flexibility index (Phi) is 3.74. The Morgan fingerprint density at radius 3 is 2.77 bits per heavy atom. The molecule has 1 fully saturated rings. The molecule has 26 heavy (non-hydrogen) atoms. The van der Waals surface area contributed by atoms with Crippen molar-refractivity contribution in [3.8, 4) is 11.3 Å². The van der Waals surface area contributed by atoms with Gasteiger partial charge in [-0.1, -0.05) is 31.9 Å².